The summed E-state index contributed by atoms with van der Waals surface area (Å²) in [4.78, 5) is 4.02. The van der Waals surface area contributed by atoms with E-state index < -0.39 is 0 Å². The van der Waals surface area contributed by atoms with E-state index in [1.165, 1.54) is 17.3 Å². The Morgan fingerprint density at radius 3 is 2.44 bits per heavy atom. The van der Waals surface area contributed by atoms with Gasteiger partial charge >= 0.3 is 5.17 Å². The highest BCUT2D eigenvalue weighted by Crippen LogP contribution is 2.22. The number of hydrogen-bond acceptors (Lipinski definition) is 2. The van der Waals surface area contributed by atoms with Crippen LogP contribution < -0.4 is 28.1 Å². The van der Waals surface area contributed by atoms with Crippen LogP contribution >= 0.6 is 28.7 Å². The normalized spacial score (nSPS) is 18.4. The van der Waals surface area contributed by atoms with E-state index in [-0.39, 0.29) is 39.2 Å². The highest BCUT2D eigenvalue weighted by Gasteiger charge is 2.30. The van der Waals surface area contributed by atoms with Gasteiger partial charge in [0, 0.05) is 0 Å². The van der Waals surface area contributed by atoms with Gasteiger partial charge in [0.2, 0.25) is 5.84 Å². The van der Waals surface area contributed by atoms with Crippen molar-refractivity contribution in [1.82, 2.24) is 0 Å². The van der Waals surface area contributed by atoms with Crippen LogP contribution in [0.25, 0.3) is 0 Å². The molecule has 1 aliphatic rings. The first-order valence-electron chi connectivity index (χ1n) is 4.43. The minimum atomic E-state index is 0. The molecule has 1 aliphatic heterocycles. The second-order valence-electron chi connectivity index (χ2n) is 3.17. The third-order valence-corrected chi connectivity index (χ3v) is 3.12. The monoisotopic (exact) mass is 365 g/mol. The molecule has 1 aromatic carbocycles. The molecule has 16 heavy (non-hydrogen) atoms. The number of benzene rings is 1. The van der Waals surface area contributed by atoms with Crippen LogP contribution in [0.5, 0.6) is 0 Å². The molecular weight excluding hydrogens is 354 g/mol. The van der Waals surface area contributed by atoms with Gasteiger partial charge < -0.3 is 22.7 Å². The van der Waals surface area contributed by atoms with Gasteiger partial charge in [-0.2, -0.15) is 0 Å². The first-order valence-corrected chi connectivity index (χ1v) is 5.31. The van der Waals surface area contributed by atoms with Crippen molar-refractivity contribution in [2.75, 3.05) is 0 Å². The van der Waals surface area contributed by atoms with Crippen LogP contribution in [0.4, 0.5) is 0 Å². The van der Waals surface area contributed by atoms with Gasteiger partial charge in [0.15, 0.2) is 0 Å². The van der Waals surface area contributed by atoms with E-state index in [1.807, 2.05) is 18.2 Å². The SMILES string of the molecule is Br.NC1=NC(=[NH2+])SC1Cc1ccccc1.[Br-]. The van der Waals surface area contributed by atoms with Crippen molar-refractivity contribution in [3.8, 4) is 0 Å². The summed E-state index contributed by atoms with van der Waals surface area (Å²) in [5, 5.41) is 6.36. The summed E-state index contributed by atoms with van der Waals surface area (Å²) in [5.74, 6) is 0.636. The Hall–Kier alpha value is -0.330. The molecule has 0 spiro atoms. The molecule has 3 nitrogen and oxygen atoms in total. The molecule has 0 aromatic heterocycles. The molecule has 0 fully saturated rings. The molecule has 88 valence electrons. The molecule has 0 radical (unpaired) electrons. The highest BCUT2D eigenvalue weighted by molar-refractivity contribution is 8.93. The molecule has 2 rings (SSSR count). The third-order valence-electron chi connectivity index (χ3n) is 2.10. The predicted molar refractivity (Wildman–Crippen MR) is 70.4 cm³/mol. The van der Waals surface area contributed by atoms with Gasteiger partial charge in [-0.15, -0.1) is 17.0 Å². The number of rotatable bonds is 2. The van der Waals surface area contributed by atoms with E-state index in [9.17, 15) is 0 Å². The van der Waals surface area contributed by atoms with Gasteiger partial charge in [-0.1, -0.05) is 30.3 Å². The first-order chi connectivity index (χ1) is 6.75. The van der Waals surface area contributed by atoms with Crippen molar-refractivity contribution in [2.24, 2.45) is 10.7 Å². The molecular formula is C10H13Br2N3S. The maximum absolute atomic E-state index is 5.75. The number of nitrogens with two attached hydrogens (primary N) is 2. The van der Waals surface area contributed by atoms with Gasteiger partial charge in [-0.3, -0.25) is 5.41 Å². The average Bonchev–Trinajstić information content (AvgIpc) is 2.47. The van der Waals surface area contributed by atoms with Crippen LogP contribution in [0.2, 0.25) is 0 Å². The molecule has 4 N–H and O–H groups in total. The maximum atomic E-state index is 5.75. The van der Waals surface area contributed by atoms with Crippen molar-refractivity contribution < 1.29 is 22.4 Å². The lowest BCUT2D eigenvalue weighted by Crippen LogP contribution is -3.00. The van der Waals surface area contributed by atoms with Gasteiger partial charge in [-0.25, -0.2) is 0 Å². The Morgan fingerprint density at radius 2 is 1.94 bits per heavy atom. The van der Waals surface area contributed by atoms with Gasteiger partial charge in [-0.05, 0) is 28.7 Å². The number of nitrogens with zero attached hydrogens (tertiary/aromatic N) is 1. The van der Waals surface area contributed by atoms with Crippen LogP contribution in [0.1, 0.15) is 5.56 Å². The zero-order valence-corrected chi connectivity index (χ0v) is 12.6. The lowest BCUT2D eigenvalue weighted by molar-refractivity contribution is -0.109. The summed E-state index contributed by atoms with van der Waals surface area (Å²) in [6.07, 6.45) is 0.890. The minimum absolute atomic E-state index is 0. The Kier molecular flexibility index (Phi) is 6.94. The van der Waals surface area contributed by atoms with Crippen LogP contribution in [-0.2, 0) is 6.42 Å². The van der Waals surface area contributed by atoms with Gasteiger partial charge in [0.25, 0.3) is 0 Å². The summed E-state index contributed by atoms with van der Waals surface area (Å²) in [5.41, 5.74) is 7.01. The molecule has 0 amide bonds. The fraction of sp³-hybridized carbons (Fsp3) is 0.200. The second kappa shape index (κ2) is 7.09. The number of amidine groups is 2. The van der Waals surface area contributed by atoms with Crippen molar-refractivity contribution in [2.45, 2.75) is 11.7 Å². The standard InChI is InChI=1S/C10H11N3S.2BrH/c11-9-8(14-10(12)13-9)6-7-4-2-1-3-5-7;;/h1-5,8H,6H2,(H3,11,12,13);2*1H. The maximum Gasteiger partial charge on any atom is 0.353 e. The molecule has 0 aliphatic carbocycles. The van der Waals surface area contributed by atoms with E-state index in [1.54, 1.807) is 0 Å². The molecule has 0 bridgehead atoms. The number of hydrogen-bond donors (Lipinski definition) is 2. The molecule has 1 heterocycles. The number of thioether (sulfide) groups is 1. The van der Waals surface area contributed by atoms with Gasteiger partial charge in [0.05, 0.1) is 0 Å². The fourth-order valence-electron chi connectivity index (χ4n) is 1.41. The quantitative estimate of drug-likeness (QED) is 0.602. The molecule has 6 heteroatoms. The molecule has 0 saturated carbocycles. The summed E-state index contributed by atoms with van der Waals surface area (Å²) in [6.45, 7) is 0. The zero-order valence-electron chi connectivity index (χ0n) is 8.47. The third kappa shape index (κ3) is 3.92. The summed E-state index contributed by atoms with van der Waals surface area (Å²) in [6, 6.07) is 10.2. The second-order valence-corrected chi connectivity index (χ2v) is 4.39. The van der Waals surface area contributed by atoms with Crippen molar-refractivity contribution in [1.29, 1.82) is 0 Å². The summed E-state index contributed by atoms with van der Waals surface area (Å²) in [7, 11) is 0. The van der Waals surface area contributed by atoms with E-state index in [0.717, 1.165) is 6.42 Å². The Labute approximate surface area is 120 Å². The number of aliphatic imine (C=N–C) groups is 1. The van der Waals surface area contributed by atoms with Crippen LogP contribution in [0.15, 0.2) is 35.3 Å². The Morgan fingerprint density at radius 1 is 1.31 bits per heavy atom. The lowest BCUT2D eigenvalue weighted by Gasteiger charge is -2.04. The van der Waals surface area contributed by atoms with Crippen molar-refractivity contribution in [3.63, 3.8) is 0 Å². The molecule has 1 atom stereocenters. The topological polar surface area (TPSA) is 64.0 Å². The van der Waals surface area contributed by atoms with Crippen molar-refractivity contribution >= 4 is 39.7 Å². The zero-order chi connectivity index (χ0) is 9.97. The minimum Gasteiger partial charge on any atom is -1.00 e. The van der Waals surface area contributed by atoms with E-state index >= 15 is 0 Å². The van der Waals surface area contributed by atoms with Crippen LogP contribution in [0, 0.1) is 0 Å². The van der Waals surface area contributed by atoms with Crippen LogP contribution in [-0.4, -0.2) is 16.3 Å². The average molecular weight is 367 g/mol. The van der Waals surface area contributed by atoms with Crippen molar-refractivity contribution in [3.05, 3.63) is 35.9 Å². The fourth-order valence-corrected chi connectivity index (χ4v) is 2.30. The van der Waals surface area contributed by atoms with Gasteiger partial charge in [0.1, 0.15) is 5.25 Å². The largest absolute Gasteiger partial charge is 1.00 e. The summed E-state index contributed by atoms with van der Waals surface area (Å²) >= 11 is 1.53. The predicted octanol–water partition coefficient (Wildman–Crippen LogP) is -2.60. The lowest BCUT2D eigenvalue weighted by atomic mass is 10.1. The Balaban J connectivity index is 0.00000112. The highest BCUT2D eigenvalue weighted by atomic mass is 79.9. The molecule has 1 unspecified atom stereocenters. The van der Waals surface area contributed by atoms with Crippen LogP contribution in [0.3, 0.4) is 0 Å². The first kappa shape index (κ1) is 15.7. The Bertz CT molecular complexity index is 381. The van der Waals surface area contributed by atoms with E-state index in [4.69, 9.17) is 11.1 Å². The van der Waals surface area contributed by atoms with E-state index in [0.29, 0.717) is 11.0 Å². The van der Waals surface area contributed by atoms with E-state index in [2.05, 4.69) is 17.1 Å². The smallest absolute Gasteiger partial charge is 0.353 e. The molecule has 0 saturated heterocycles. The summed E-state index contributed by atoms with van der Waals surface area (Å²) < 4.78 is 0. The number of halogens is 2. The molecule has 1 aromatic rings.